The van der Waals surface area contributed by atoms with Crippen LogP contribution in [0.4, 0.5) is 4.79 Å². The molecule has 0 aliphatic carbocycles. The fourth-order valence-corrected chi connectivity index (χ4v) is 1.98. The van der Waals surface area contributed by atoms with E-state index in [9.17, 15) is 14.4 Å². The van der Waals surface area contributed by atoms with Gasteiger partial charge in [0.15, 0.2) is 0 Å². The average molecular weight is 286 g/mol. The van der Waals surface area contributed by atoms with Crippen molar-refractivity contribution in [1.82, 2.24) is 20.4 Å². The van der Waals surface area contributed by atoms with Crippen LogP contribution in [0.15, 0.2) is 0 Å². The van der Waals surface area contributed by atoms with Crippen molar-refractivity contribution in [2.75, 3.05) is 45.8 Å². The number of carboxylic acids is 1. The normalized spacial score (nSPS) is 15.8. The Morgan fingerprint density at radius 1 is 1.10 bits per heavy atom. The highest BCUT2D eigenvalue weighted by Crippen LogP contribution is 2.01. The monoisotopic (exact) mass is 286 g/mol. The number of amides is 3. The maximum Gasteiger partial charge on any atom is 0.317 e. The molecule has 3 N–H and O–H groups in total. The standard InChI is InChI=1S/C12H22N4O4/c1-2-13-10(17)3-4-14-12(20)16-7-5-15(6-8-16)9-11(18)19/h2-9H2,1H3,(H,13,17)(H,14,20)(H,18,19). The second-order valence-corrected chi connectivity index (χ2v) is 4.59. The first-order valence-electron chi connectivity index (χ1n) is 6.76. The van der Waals surface area contributed by atoms with Crippen LogP contribution in [0.2, 0.25) is 0 Å². The molecule has 3 amide bonds. The number of hydrogen-bond donors (Lipinski definition) is 3. The van der Waals surface area contributed by atoms with E-state index in [0.29, 0.717) is 39.3 Å². The second kappa shape index (κ2) is 8.36. The van der Waals surface area contributed by atoms with E-state index >= 15 is 0 Å². The fourth-order valence-electron chi connectivity index (χ4n) is 1.98. The van der Waals surface area contributed by atoms with Gasteiger partial charge in [0.2, 0.25) is 5.91 Å². The van der Waals surface area contributed by atoms with Crippen molar-refractivity contribution in [3.8, 4) is 0 Å². The number of nitrogens with one attached hydrogen (secondary N) is 2. The summed E-state index contributed by atoms with van der Waals surface area (Å²) < 4.78 is 0. The third kappa shape index (κ3) is 5.87. The molecular weight excluding hydrogens is 264 g/mol. The average Bonchev–Trinajstić information content (AvgIpc) is 2.39. The Morgan fingerprint density at radius 2 is 1.75 bits per heavy atom. The molecule has 8 heteroatoms. The zero-order valence-electron chi connectivity index (χ0n) is 11.7. The number of rotatable bonds is 6. The van der Waals surface area contributed by atoms with E-state index in [-0.39, 0.29) is 24.9 Å². The van der Waals surface area contributed by atoms with Gasteiger partial charge in [0.1, 0.15) is 0 Å². The summed E-state index contributed by atoms with van der Waals surface area (Å²) in [5.41, 5.74) is 0. The molecule has 0 aromatic heterocycles. The summed E-state index contributed by atoms with van der Waals surface area (Å²) in [6, 6.07) is -0.204. The Labute approximate surface area is 118 Å². The highest BCUT2D eigenvalue weighted by molar-refractivity contribution is 5.78. The van der Waals surface area contributed by atoms with E-state index in [1.54, 1.807) is 9.80 Å². The summed E-state index contributed by atoms with van der Waals surface area (Å²) in [7, 11) is 0. The van der Waals surface area contributed by atoms with E-state index in [1.165, 1.54) is 0 Å². The molecular formula is C12H22N4O4. The van der Waals surface area contributed by atoms with E-state index in [4.69, 9.17) is 5.11 Å². The largest absolute Gasteiger partial charge is 0.480 e. The van der Waals surface area contributed by atoms with Crippen LogP contribution in [0, 0.1) is 0 Å². The van der Waals surface area contributed by atoms with Crippen molar-refractivity contribution in [2.45, 2.75) is 13.3 Å². The number of nitrogens with zero attached hydrogens (tertiary/aromatic N) is 2. The number of carbonyl (C=O) groups is 3. The summed E-state index contributed by atoms with van der Waals surface area (Å²) in [5.74, 6) is -0.941. The molecule has 1 rings (SSSR count). The SMILES string of the molecule is CCNC(=O)CCNC(=O)N1CCN(CC(=O)O)CC1. The van der Waals surface area contributed by atoms with Crippen molar-refractivity contribution >= 4 is 17.9 Å². The molecule has 0 spiro atoms. The minimum atomic E-state index is -0.857. The van der Waals surface area contributed by atoms with Gasteiger partial charge in [-0.05, 0) is 6.92 Å². The summed E-state index contributed by atoms with van der Waals surface area (Å²) >= 11 is 0. The molecule has 0 aromatic rings. The van der Waals surface area contributed by atoms with Crippen LogP contribution < -0.4 is 10.6 Å². The van der Waals surface area contributed by atoms with Gasteiger partial charge in [-0.25, -0.2) is 4.79 Å². The van der Waals surface area contributed by atoms with Gasteiger partial charge < -0.3 is 20.6 Å². The molecule has 0 radical (unpaired) electrons. The van der Waals surface area contributed by atoms with Crippen molar-refractivity contribution in [3.05, 3.63) is 0 Å². The third-order valence-electron chi connectivity index (χ3n) is 3.02. The molecule has 0 atom stereocenters. The molecule has 0 saturated carbocycles. The van der Waals surface area contributed by atoms with Crippen LogP contribution in [-0.2, 0) is 9.59 Å². The Kier molecular flexibility index (Phi) is 6.78. The molecule has 0 unspecified atom stereocenters. The lowest BCUT2D eigenvalue weighted by atomic mass is 10.3. The van der Waals surface area contributed by atoms with Gasteiger partial charge in [0, 0.05) is 45.7 Å². The van der Waals surface area contributed by atoms with E-state index in [1.807, 2.05) is 6.92 Å². The van der Waals surface area contributed by atoms with E-state index < -0.39 is 5.97 Å². The number of urea groups is 1. The Hall–Kier alpha value is -1.83. The van der Waals surface area contributed by atoms with Gasteiger partial charge >= 0.3 is 12.0 Å². The fraction of sp³-hybridized carbons (Fsp3) is 0.750. The Balaban J connectivity index is 2.19. The van der Waals surface area contributed by atoms with Crippen LogP contribution in [0.25, 0.3) is 0 Å². The predicted octanol–water partition coefficient (Wildman–Crippen LogP) is -1.08. The highest BCUT2D eigenvalue weighted by atomic mass is 16.4. The lowest BCUT2D eigenvalue weighted by Crippen LogP contribution is -2.52. The summed E-state index contributed by atoms with van der Waals surface area (Å²) in [4.78, 5) is 37.0. The molecule has 114 valence electrons. The molecule has 1 aliphatic rings. The van der Waals surface area contributed by atoms with Crippen LogP contribution in [0.5, 0.6) is 0 Å². The van der Waals surface area contributed by atoms with Gasteiger partial charge in [-0.1, -0.05) is 0 Å². The lowest BCUT2D eigenvalue weighted by Gasteiger charge is -2.33. The Bertz CT molecular complexity index is 353. The maximum absolute atomic E-state index is 11.8. The van der Waals surface area contributed by atoms with Crippen molar-refractivity contribution in [3.63, 3.8) is 0 Å². The topological polar surface area (TPSA) is 102 Å². The van der Waals surface area contributed by atoms with Crippen LogP contribution in [0.1, 0.15) is 13.3 Å². The third-order valence-corrected chi connectivity index (χ3v) is 3.02. The van der Waals surface area contributed by atoms with Gasteiger partial charge in [0.05, 0.1) is 6.54 Å². The van der Waals surface area contributed by atoms with Gasteiger partial charge in [-0.15, -0.1) is 0 Å². The quantitative estimate of drug-likeness (QED) is 0.577. The minimum Gasteiger partial charge on any atom is -0.480 e. The molecule has 8 nitrogen and oxygen atoms in total. The molecule has 20 heavy (non-hydrogen) atoms. The molecule has 1 heterocycles. The second-order valence-electron chi connectivity index (χ2n) is 4.59. The highest BCUT2D eigenvalue weighted by Gasteiger charge is 2.21. The van der Waals surface area contributed by atoms with Crippen LogP contribution >= 0.6 is 0 Å². The predicted molar refractivity (Wildman–Crippen MR) is 72.3 cm³/mol. The zero-order chi connectivity index (χ0) is 15.0. The van der Waals surface area contributed by atoms with Crippen LogP contribution in [0.3, 0.4) is 0 Å². The van der Waals surface area contributed by atoms with E-state index in [2.05, 4.69) is 10.6 Å². The number of carboxylic acid groups (broad SMARTS) is 1. The molecule has 1 saturated heterocycles. The first-order chi connectivity index (χ1) is 9.52. The van der Waals surface area contributed by atoms with Crippen LogP contribution in [-0.4, -0.2) is 78.6 Å². The van der Waals surface area contributed by atoms with E-state index in [0.717, 1.165) is 0 Å². The molecule has 1 fully saturated rings. The number of aliphatic carboxylic acids is 1. The summed E-state index contributed by atoms with van der Waals surface area (Å²) in [6.45, 7) is 4.84. The van der Waals surface area contributed by atoms with Gasteiger partial charge in [-0.3, -0.25) is 14.5 Å². The van der Waals surface area contributed by atoms with Crippen molar-refractivity contribution in [1.29, 1.82) is 0 Å². The maximum atomic E-state index is 11.8. The summed E-state index contributed by atoms with van der Waals surface area (Å²) in [6.07, 6.45) is 0.262. The lowest BCUT2D eigenvalue weighted by molar-refractivity contribution is -0.138. The minimum absolute atomic E-state index is 0.00660. The van der Waals surface area contributed by atoms with Gasteiger partial charge in [-0.2, -0.15) is 0 Å². The molecule has 0 aromatic carbocycles. The number of hydrogen-bond acceptors (Lipinski definition) is 4. The van der Waals surface area contributed by atoms with Crippen molar-refractivity contribution in [2.24, 2.45) is 0 Å². The zero-order valence-corrected chi connectivity index (χ0v) is 11.7. The summed E-state index contributed by atoms with van der Waals surface area (Å²) in [5, 5.41) is 14.0. The molecule has 0 bridgehead atoms. The Morgan fingerprint density at radius 3 is 2.30 bits per heavy atom. The van der Waals surface area contributed by atoms with Crippen molar-refractivity contribution < 1.29 is 19.5 Å². The smallest absolute Gasteiger partial charge is 0.317 e. The first kappa shape index (κ1) is 16.2. The number of piperazine rings is 1. The molecule has 1 aliphatic heterocycles. The number of carbonyl (C=O) groups excluding carboxylic acids is 2. The first-order valence-corrected chi connectivity index (χ1v) is 6.76. The van der Waals surface area contributed by atoms with Gasteiger partial charge in [0.25, 0.3) is 0 Å².